The number of pyridine rings is 2. The van der Waals surface area contributed by atoms with Crippen LogP contribution in [0.5, 0.6) is 0 Å². The van der Waals surface area contributed by atoms with Gasteiger partial charge in [-0.15, -0.1) is 0 Å². The maximum Gasteiger partial charge on any atom is 0.270 e. The Morgan fingerprint density at radius 2 is 1.95 bits per heavy atom. The van der Waals surface area contributed by atoms with Crippen LogP contribution in [-0.4, -0.2) is 15.9 Å². The van der Waals surface area contributed by atoms with E-state index in [1.165, 1.54) is 0 Å². The summed E-state index contributed by atoms with van der Waals surface area (Å²) < 4.78 is 0. The van der Waals surface area contributed by atoms with Crippen molar-refractivity contribution in [1.29, 1.82) is 0 Å². The molecule has 0 aliphatic rings. The quantitative estimate of drug-likeness (QED) is 0.768. The van der Waals surface area contributed by atoms with Crippen molar-refractivity contribution in [2.45, 2.75) is 6.54 Å². The third-order valence-corrected chi connectivity index (χ3v) is 3.17. The van der Waals surface area contributed by atoms with Crippen LogP contribution in [0, 0.1) is 0 Å². The van der Waals surface area contributed by atoms with E-state index in [2.05, 4.69) is 15.3 Å². The van der Waals surface area contributed by atoms with Gasteiger partial charge in [-0.3, -0.25) is 14.6 Å². The smallest absolute Gasteiger partial charge is 0.270 e. The number of benzene rings is 1. The van der Waals surface area contributed by atoms with Crippen LogP contribution in [0.25, 0.3) is 10.9 Å². The van der Waals surface area contributed by atoms with Gasteiger partial charge >= 0.3 is 0 Å². The van der Waals surface area contributed by atoms with Crippen molar-refractivity contribution in [3.8, 4) is 0 Å². The van der Waals surface area contributed by atoms with Crippen LogP contribution >= 0.6 is 0 Å². The van der Waals surface area contributed by atoms with Crippen LogP contribution in [0.4, 0.5) is 0 Å². The number of nitrogens with one attached hydrogen (secondary N) is 2. The molecule has 5 nitrogen and oxygen atoms in total. The Balaban J connectivity index is 1.81. The number of amides is 1. The Morgan fingerprint density at radius 1 is 1.14 bits per heavy atom. The number of hydrogen-bond acceptors (Lipinski definition) is 3. The summed E-state index contributed by atoms with van der Waals surface area (Å²) in [5.74, 6) is -0.303. The lowest BCUT2D eigenvalue weighted by Crippen LogP contribution is -2.27. The molecule has 0 saturated heterocycles. The van der Waals surface area contributed by atoms with E-state index in [9.17, 15) is 9.59 Å². The fourth-order valence-electron chi connectivity index (χ4n) is 2.09. The van der Waals surface area contributed by atoms with Gasteiger partial charge in [-0.05, 0) is 29.7 Å². The second-order valence-corrected chi connectivity index (χ2v) is 4.61. The van der Waals surface area contributed by atoms with Crippen molar-refractivity contribution in [3.63, 3.8) is 0 Å². The molecule has 0 fully saturated rings. The minimum Gasteiger partial charge on any atom is -0.346 e. The van der Waals surface area contributed by atoms with Gasteiger partial charge in [0, 0.05) is 23.8 Å². The number of hydrogen-bond donors (Lipinski definition) is 2. The van der Waals surface area contributed by atoms with Gasteiger partial charge in [0.2, 0.25) is 0 Å². The molecule has 21 heavy (non-hydrogen) atoms. The average Bonchev–Trinajstić information content (AvgIpc) is 2.53. The van der Waals surface area contributed by atoms with Crippen molar-refractivity contribution >= 4 is 16.8 Å². The Kier molecular flexibility index (Phi) is 3.47. The molecular weight excluding hydrogens is 266 g/mol. The summed E-state index contributed by atoms with van der Waals surface area (Å²) in [5, 5.41) is 3.63. The van der Waals surface area contributed by atoms with Crippen molar-refractivity contribution < 1.29 is 4.79 Å². The molecule has 2 N–H and O–H groups in total. The van der Waals surface area contributed by atoms with E-state index in [-0.39, 0.29) is 18.0 Å². The Labute approximate surface area is 120 Å². The standard InChI is InChI=1S/C16H13N3O2/c20-15-12(9-11-5-1-2-6-13(11)19-15)10-18-16(21)14-7-3-4-8-17-14/h1-9H,10H2,(H,18,21)(H,19,20). The maximum atomic E-state index is 12.0. The van der Waals surface area contributed by atoms with Gasteiger partial charge in [-0.1, -0.05) is 24.3 Å². The summed E-state index contributed by atoms with van der Waals surface area (Å²) in [7, 11) is 0. The van der Waals surface area contributed by atoms with Gasteiger partial charge in [-0.2, -0.15) is 0 Å². The predicted molar refractivity (Wildman–Crippen MR) is 80.0 cm³/mol. The molecule has 0 aliphatic heterocycles. The summed E-state index contributed by atoms with van der Waals surface area (Å²) in [6.45, 7) is 0.162. The number of rotatable bonds is 3. The van der Waals surface area contributed by atoms with E-state index < -0.39 is 0 Å². The Morgan fingerprint density at radius 3 is 2.76 bits per heavy atom. The van der Waals surface area contributed by atoms with Crippen LogP contribution in [-0.2, 0) is 6.54 Å². The number of H-pyrrole nitrogens is 1. The Hall–Kier alpha value is -2.95. The predicted octanol–water partition coefficient (Wildman–Crippen LogP) is 1.85. The SMILES string of the molecule is O=C(NCc1cc2ccccc2[nH]c1=O)c1ccccn1. The fourth-order valence-corrected chi connectivity index (χ4v) is 2.09. The zero-order chi connectivity index (χ0) is 14.7. The summed E-state index contributed by atoms with van der Waals surface area (Å²) in [4.78, 5) is 30.6. The first-order valence-electron chi connectivity index (χ1n) is 6.54. The first-order valence-corrected chi connectivity index (χ1v) is 6.54. The highest BCUT2D eigenvalue weighted by atomic mass is 16.2. The van der Waals surface area contributed by atoms with E-state index in [1.54, 1.807) is 30.5 Å². The van der Waals surface area contributed by atoms with Crippen LogP contribution in [0.2, 0.25) is 0 Å². The number of para-hydroxylation sites is 1. The van der Waals surface area contributed by atoms with Gasteiger partial charge in [0.25, 0.3) is 11.5 Å². The van der Waals surface area contributed by atoms with Crippen LogP contribution in [0.1, 0.15) is 16.1 Å². The van der Waals surface area contributed by atoms with E-state index in [0.29, 0.717) is 11.3 Å². The number of nitrogens with zero attached hydrogens (tertiary/aromatic N) is 1. The monoisotopic (exact) mass is 279 g/mol. The molecule has 0 bridgehead atoms. The molecule has 0 aliphatic carbocycles. The fraction of sp³-hybridized carbons (Fsp3) is 0.0625. The minimum absolute atomic E-state index is 0.162. The maximum absolute atomic E-state index is 12.0. The van der Waals surface area contributed by atoms with Crippen molar-refractivity contribution in [3.05, 3.63) is 76.3 Å². The highest BCUT2D eigenvalue weighted by Gasteiger charge is 2.08. The number of carbonyl (C=O) groups excluding carboxylic acids is 1. The molecule has 3 rings (SSSR count). The number of fused-ring (bicyclic) bond motifs is 1. The van der Waals surface area contributed by atoms with Gasteiger partial charge < -0.3 is 10.3 Å². The second kappa shape index (κ2) is 5.58. The third-order valence-electron chi connectivity index (χ3n) is 3.17. The van der Waals surface area contributed by atoms with Crippen LogP contribution < -0.4 is 10.9 Å². The lowest BCUT2D eigenvalue weighted by Gasteiger charge is -2.05. The average molecular weight is 279 g/mol. The third kappa shape index (κ3) is 2.81. The summed E-state index contributed by atoms with van der Waals surface area (Å²) in [6, 6.07) is 14.4. The lowest BCUT2D eigenvalue weighted by atomic mass is 10.1. The van der Waals surface area contributed by atoms with E-state index in [4.69, 9.17) is 0 Å². The molecule has 0 radical (unpaired) electrons. The molecule has 3 aromatic rings. The van der Waals surface area contributed by atoms with Gasteiger partial charge in [0.1, 0.15) is 5.69 Å². The Bertz CT molecular complexity index is 841. The molecule has 1 aromatic carbocycles. The molecule has 0 saturated carbocycles. The van der Waals surface area contributed by atoms with Gasteiger partial charge in [0.05, 0.1) is 0 Å². The summed E-state index contributed by atoms with van der Waals surface area (Å²) in [5.41, 5.74) is 1.42. The number of aromatic amines is 1. The number of aromatic nitrogens is 2. The first kappa shape index (κ1) is 13.1. The molecule has 2 aromatic heterocycles. The molecule has 2 heterocycles. The largest absolute Gasteiger partial charge is 0.346 e. The van der Waals surface area contributed by atoms with E-state index in [1.807, 2.05) is 24.3 Å². The zero-order valence-corrected chi connectivity index (χ0v) is 11.2. The highest BCUT2D eigenvalue weighted by molar-refractivity contribution is 5.92. The van der Waals surface area contributed by atoms with E-state index >= 15 is 0 Å². The second-order valence-electron chi connectivity index (χ2n) is 4.61. The molecule has 104 valence electrons. The molecule has 0 atom stereocenters. The first-order chi connectivity index (χ1) is 10.2. The molecule has 0 unspecified atom stereocenters. The zero-order valence-electron chi connectivity index (χ0n) is 11.2. The van der Waals surface area contributed by atoms with E-state index in [0.717, 1.165) is 10.9 Å². The number of carbonyl (C=O) groups is 1. The van der Waals surface area contributed by atoms with Gasteiger partial charge in [0.15, 0.2) is 0 Å². The highest BCUT2D eigenvalue weighted by Crippen LogP contribution is 2.09. The topological polar surface area (TPSA) is 74.8 Å². The summed E-state index contributed by atoms with van der Waals surface area (Å²) in [6.07, 6.45) is 1.55. The molecular formula is C16H13N3O2. The van der Waals surface area contributed by atoms with Crippen molar-refractivity contribution in [2.24, 2.45) is 0 Å². The molecule has 5 heteroatoms. The van der Waals surface area contributed by atoms with Crippen molar-refractivity contribution in [2.75, 3.05) is 0 Å². The van der Waals surface area contributed by atoms with Crippen LogP contribution in [0.3, 0.4) is 0 Å². The summed E-state index contributed by atoms with van der Waals surface area (Å²) >= 11 is 0. The van der Waals surface area contributed by atoms with Gasteiger partial charge in [-0.25, -0.2) is 0 Å². The minimum atomic E-state index is -0.303. The molecule has 0 spiro atoms. The molecule has 1 amide bonds. The van der Waals surface area contributed by atoms with Crippen LogP contribution in [0.15, 0.2) is 59.5 Å². The van der Waals surface area contributed by atoms with Crippen molar-refractivity contribution in [1.82, 2.24) is 15.3 Å². The lowest BCUT2D eigenvalue weighted by molar-refractivity contribution is 0.0946. The normalized spacial score (nSPS) is 10.5.